The van der Waals surface area contributed by atoms with E-state index in [0.29, 0.717) is 16.7 Å². The van der Waals surface area contributed by atoms with Gasteiger partial charge in [-0.3, -0.25) is 23.7 Å². The molecular weight excluding hydrogens is 586 g/mol. The van der Waals surface area contributed by atoms with Crippen molar-refractivity contribution >= 4 is 24.0 Å². The Hall–Kier alpha value is -5.48. The van der Waals surface area contributed by atoms with Crippen molar-refractivity contribution in [3.05, 3.63) is 82.1 Å². The van der Waals surface area contributed by atoms with Gasteiger partial charge in [0.1, 0.15) is 24.3 Å². The number of amides is 1. The molecule has 0 saturated carbocycles. The predicted molar refractivity (Wildman–Crippen MR) is 157 cm³/mol. The number of ether oxygens (including phenoxy) is 5. The number of aromatic nitrogens is 1. The molecule has 45 heavy (non-hydrogen) atoms. The smallest absolute Gasteiger partial charge is 0.404 e. The second-order valence-electron chi connectivity index (χ2n) is 10.3. The Bertz CT molecular complexity index is 1700. The minimum Gasteiger partial charge on any atom is -0.455 e. The van der Waals surface area contributed by atoms with E-state index in [-0.39, 0.29) is 11.3 Å². The van der Waals surface area contributed by atoms with Gasteiger partial charge in [-0.15, -0.1) is 0 Å². The number of benzene rings is 2. The molecule has 0 aliphatic carbocycles. The molecule has 0 unspecified atom stereocenters. The van der Waals surface area contributed by atoms with Gasteiger partial charge >= 0.3 is 24.0 Å². The Kier molecular flexibility index (Phi) is 10.00. The number of primary amides is 1. The zero-order valence-corrected chi connectivity index (χ0v) is 24.9. The topological polar surface area (TPSA) is 186 Å². The molecule has 0 bridgehead atoms. The maximum absolute atomic E-state index is 14.4. The predicted octanol–water partition coefficient (Wildman–Crippen LogP) is 3.15. The molecule has 2 N–H and O–H groups in total. The van der Waals surface area contributed by atoms with E-state index in [2.05, 4.69) is 0 Å². The van der Waals surface area contributed by atoms with Crippen LogP contribution < -0.4 is 11.3 Å². The first-order valence-electron chi connectivity index (χ1n) is 13.8. The summed E-state index contributed by atoms with van der Waals surface area (Å²) in [6, 6.07) is 19.6. The van der Waals surface area contributed by atoms with Crippen molar-refractivity contribution in [3.8, 4) is 28.5 Å². The molecule has 13 nitrogen and oxygen atoms in total. The molecule has 5 atom stereocenters. The Morgan fingerprint density at radius 2 is 1.44 bits per heavy atom. The first-order chi connectivity index (χ1) is 21.4. The van der Waals surface area contributed by atoms with Crippen LogP contribution in [0.5, 0.6) is 0 Å². The van der Waals surface area contributed by atoms with E-state index in [1.807, 2.05) is 25.1 Å². The first-order valence-corrected chi connectivity index (χ1v) is 13.8. The second kappa shape index (κ2) is 13.9. The zero-order chi connectivity index (χ0) is 32.8. The van der Waals surface area contributed by atoms with Crippen LogP contribution in [0.4, 0.5) is 4.79 Å². The highest BCUT2D eigenvalue weighted by molar-refractivity contribution is 5.76. The molecule has 234 valence electrons. The van der Waals surface area contributed by atoms with Crippen LogP contribution in [0.1, 0.15) is 38.1 Å². The van der Waals surface area contributed by atoms with E-state index >= 15 is 0 Å². The number of nitrogens with two attached hydrogens (primary N) is 1. The van der Waals surface area contributed by atoms with E-state index in [1.165, 1.54) is 0 Å². The third-order valence-electron chi connectivity index (χ3n) is 6.95. The summed E-state index contributed by atoms with van der Waals surface area (Å²) in [4.78, 5) is 62.8. The monoisotopic (exact) mass is 617 g/mol. The summed E-state index contributed by atoms with van der Waals surface area (Å²) in [5, 5.41) is 10.2. The lowest BCUT2D eigenvalue weighted by atomic mass is 9.94. The van der Waals surface area contributed by atoms with Crippen molar-refractivity contribution in [2.45, 2.75) is 58.3 Å². The molecule has 0 radical (unpaired) electrons. The summed E-state index contributed by atoms with van der Waals surface area (Å²) in [5.41, 5.74) is 6.75. The van der Waals surface area contributed by atoms with Crippen molar-refractivity contribution < 1.29 is 42.9 Å². The molecule has 4 rings (SSSR count). The Morgan fingerprint density at radius 1 is 0.867 bits per heavy atom. The van der Waals surface area contributed by atoms with Crippen LogP contribution in [0.25, 0.3) is 22.4 Å². The van der Waals surface area contributed by atoms with Crippen LogP contribution in [0.2, 0.25) is 0 Å². The molecule has 0 spiro atoms. The molecule has 2 aromatic carbocycles. The van der Waals surface area contributed by atoms with Gasteiger partial charge in [0.25, 0.3) is 5.56 Å². The molecule has 1 aromatic heterocycles. The van der Waals surface area contributed by atoms with Crippen molar-refractivity contribution in [2.75, 3.05) is 6.61 Å². The molecule has 1 aliphatic rings. The van der Waals surface area contributed by atoms with Crippen LogP contribution >= 0.6 is 0 Å². The highest BCUT2D eigenvalue weighted by Crippen LogP contribution is 2.38. The molecular formula is C32H31N3O10. The molecule has 1 aliphatic heterocycles. The molecule has 1 amide bonds. The maximum Gasteiger partial charge on any atom is 0.404 e. The van der Waals surface area contributed by atoms with E-state index in [1.54, 1.807) is 48.5 Å². The number of nitriles is 1. The summed E-state index contributed by atoms with van der Waals surface area (Å²) >= 11 is 0. The Labute approximate surface area is 258 Å². The zero-order valence-electron chi connectivity index (χ0n) is 24.9. The summed E-state index contributed by atoms with van der Waals surface area (Å²) < 4.78 is 28.9. The fraction of sp³-hybridized carbons (Fsp3) is 0.312. The van der Waals surface area contributed by atoms with Gasteiger partial charge in [0, 0.05) is 26.3 Å². The number of pyridine rings is 1. The van der Waals surface area contributed by atoms with Crippen LogP contribution in [-0.4, -0.2) is 59.6 Å². The number of hydrogen-bond acceptors (Lipinski definition) is 11. The highest BCUT2D eigenvalue weighted by atomic mass is 16.7. The van der Waals surface area contributed by atoms with Crippen molar-refractivity contribution in [2.24, 2.45) is 5.73 Å². The van der Waals surface area contributed by atoms with E-state index in [4.69, 9.17) is 29.4 Å². The van der Waals surface area contributed by atoms with Gasteiger partial charge in [-0.05, 0) is 24.1 Å². The van der Waals surface area contributed by atoms with Gasteiger partial charge in [-0.1, -0.05) is 60.2 Å². The van der Waals surface area contributed by atoms with E-state index in [0.717, 1.165) is 30.9 Å². The lowest BCUT2D eigenvalue weighted by Crippen LogP contribution is -2.61. The molecule has 1 fully saturated rings. The number of rotatable bonds is 8. The standard InChI is InChI=1S/C32H31N3O10/c1-17-10-12-22(13-11-17)25-14-23(21-8-6-5-7-9-21)24(15-33)30(39)35(25)31-29(44-20(4)38)28(43-19(3)37)27(42-18(2)36)26(45-31)16-41-32(34)40/h5-14,26-29,31H,16H2,1-4H3,(H2,34,40)/t26-,27-,28+,29-,31-/m1/s1. The maximum atomic E-state index is 14.4. The summed E-state index contributed by atoms with van der Waals surface area (Å²) in [7, 11) is 0. The largest absolute Gasteiger partial charge is 0.455 e. The Morgan fingerprint density at radius 3 is 2.00 bits per heavy atom. The van der Waals surface area contributed by atoms with Gasteiger partial charge in [0.15, 0.2) is 24.5 Å². The van der Waals surface area contributed by atoms with E-state index < -0.39 is 66.8 Å². The second-order valence-corrected chi connectivity index (χ2v) is 10.3. The fourth-order valence-corrected chi connectivity index (χ4v) is 5.15. The van der Waals surface area contributed by atoms with Crippen LogP contribution in [-0.2, 0) is 38.1 Å². The summed E-state index contributed by atoms with van der Waals surface area (Å²) in [5.74, 6) is -2.50. The van der Waals surface area contributed by atoms with Crippen molar-refractivity contribution in [1.29, 1.82) is 5.26 Å². The van der Waals surface area contributed by atoms with Gasteiger partial charge < -0.3 is 29.4 Å². The van der Waals surface area contributed by atoms with Crippen LogP contribution in [0.3, 0.4) is 0 Å². The van der Waals surface area contributed by atoms with Gasteiger partial charge in [-0.25, -0.2) is 4.79 Å². The molecule has 13 heteroatoms. The number of nitrogens with zero attached hydrogens (tertiary/aromatic N) is 2. The van der Waals surface area contributed by atoms with Gasteiger partial charge in [0.2, 0.25) is 0 Å². The number of carbonyl (C=O) groups excluding carboxylic acids is 4. The van der Waals surface area contributed by atoms with Crippen molar-refractivity contribution in [1.82, 2.24) is 4.57 Å². The average molecular weight is 618 g/mol. The average Bonchev–Trinajstić information content (AvgIpc) is 2.98. The van der Waals surface area contributed by atoms with Gasteiger partial charge in [-0.2, -0.15) is 5.26 Å². The SMILES string of the molecule is CC(=O)O[C@@H]1[C@@H](OC(C)=O)[C@H](n2c(-c3ccc(C)cc3)cc(-c3ccccc3)c(C#N)c2=O)O[C@H](COC(N)=O)[C@H]1OC(C)=O. The van der Waals surface area contributed by atoms with Gasteiger partial charge in [0.05, 0.1) is 5.69 Å². The fourth-order valence-electron chi connectivity index (χ4n) is 5.15. The third kappa shape index (κ3) is 7.36. The number of aryl methyl sites for hydroxylation is 1. The summed E-state index contributed by atoms with van der Waals surface area (Å²) in [6.07, 6.45) is -8.75. The molecule has 1 saturated heterocycles. The minimum absolute atomic E-state index is 0.252. The third-order valence-corrected chi connectivity index (χ3v) is 6.95. The molecule has 2 heterocycles. The van der Waals surface area contributed by atoms with Crippen molar-refractivity contribution in [3.63, 3.8) is 0 Å². The number of hydrogen-bond donors (Lipinski definition) is 1. The lowest BCUT2D eigenvalue weighted by Gasteiger charge is -2.45. The highest BCUT2D eigenvalue weighted by Gasteiger charge is 2.53. The van der Waals surface area contributed by atoms with Crippen LogP contribution in [0.15, 0.2) is 65.5 Å². The van der Waals surface area contributed by atoms with E-state index in [9.17, 15) is 29.2 Å². The first kappa shape index (κ1) is 32.4. The quantitative estimate of drug-likeness (QED) is 0.289. The lowest BCUT2D eigenvalue weighted by molar-refractivity contribution is -0.267. The minimum atomic E-state index is -1.59. The number of carbonyl (C=O) groups is 4. The molecule has 3 aromatic rings. The summed E-state index contributed by atoms with van der Waals surface area (Å²) in [6.45, 7) is 4.55. The number of esters is 3. The normalized spacial score (nSPS) is 20.7. The Balaban J connectivity index is 2.05. The van der Waals surface area contributed by atoms with Crippen LogP contribution in [0, 0.1) is 18.3 Å².